The highest BCUT2D eigenvalue weighted by Gasteiger charge is 2.33. The van der Waals surface area contributed by atoms with Gasteiger partial charge in [-0.25, -0.2) is 0 Å². The third-order valence-electron chi connectivity index (χ3n) is 7.76. The summed E-state index contributed by atoms with van der Waals surface area (Å²) in [6.07, 6.45) is 2.46. The molecule has 0 aromatic heterocycles. The first-order chi connectivity index (χ1) is 22.1. The third-order valence-corrected chi connectivity index (χ3v) is 8.87. The van der Waals surface area contributed by atoms with E-state index >= 15 is 0 Å². The van der Waals surface area contributed by atoms with E-state index in [9.17, 15) is 24.0 Å². The first-order valence-corrected chi connectivity index (χ1v) is 17.0. The summed E-state index contributed by atoms with van der Waals surface area (Å²) >= 11 is 1.50. The summed E-state index contributed by atoms with van der Waals surface area (Å²) < 4.78 is 0. The maximum Gasteiger partial charge on any atom is 0.245 e. The molecule has 0 radical (unpaired) electrons. The smallest absolute Gasteiger partial charge is 0.245 e. The molecule has 3 rings (SSSR count). The number of aldehydes is 1. The molecule has 46 heavy (non-hydrogen) atoms. The van der Waals surface area contributed by atoms with Gasteiger partial charge in [0.05, 0.1) is 11.3 Å². The Morgan fingerprint density at radius 2 is 1.43 bits per heavy atom. The minimum absolute atomic E-state index is 0.0307. The van der Waals surface area contributed by atoms with Gasteiger partial charge in [-0.2, -0.15) is 0 Å². The van der Waals surface area contributed by atoms with Gasteiger partial charge >= 0.3 is 0 Å². The fourth-order valence-corrected chi connectivity index (χ4v) is 6.30. The monoisotopic (exact) mass is 652 g/mol. The predicted octanol–water partition coefficient (Wildman–Crippen LogP) is 1.18. The third kappa shape index (κ3) is 11.9. The molecule has 1 heterocycles. The van der Waals surface area contributed by atoms with E-state index in [1.54, 1.807) is 4.90 Å². The average Bonchev–Trinajstić information content (AvgIpc) is 3.06. The van der Waals surface area contributed by atoms with E-state index in [-0.39, 0.29) is 30.0 Å². The van der Waals surface area contributed by atoms with Gasteiger partial charge in [-0.1, -0.05) is 74.5 Å². The highest BCUT2D eigenvalue weighted by molar-refractivity contribution is 8.00. The Morgan fingerprint density at radius 1 is 0.870 bits per heavy atom. The highest BCUT2D eigenvalue weighted by Crippen LogP contribution is 2.18. The molecule has 0 bridgehead atoms. The number of carbonyl (C=O) groups excluding carboxylic acids is 5. The Labute approximate surface area is 276 Å². The van der Waals surface area contributed by atoms with Gasteiger partial charge in [0.25, 0.3) is 0 Å². The van der Waals surface area contributed by atoms with Crippen molar-refractivity contribution in [3.05, 3.63) is 71.8 Å². The molecule has 0 aliphatic carbocycles. The van der Waals surface area contributed by atoms with Crippen LogP contribution >= 0.6 is 11.8 Å². The van der Waals surface area contributed by atoms with Crippen LogP contribution < -0.4 is 27.4 Å². The summed E-state index contributed by atoms with van der Waals surface area (Å²) in [6.45, 7) is 4.95. The van der Waals surface area contributed by atoms with Crippen LogP contribution in [0.1, 0.15) is 44.2 Å². The zero-order valence-electron chi connectivity index (χ0n) is 26.7. The van der Waals surface area contributed by atoms with E-state index in [4.69, 9.17) is 11.5 Å². The second kappa shape index (κ2) is 19.0. The van der Waals surface area contributed by atoms with Gasteiger partial charge in [0.15, 0.2) is 0 Å². The largest absolute Gasteiger partial charge is 0.343 e. The number of benzene rings is 2. The Hall–Kier alpha value is -3.74. The van der Waals surface area contributed by atoms with Gasteiger partial charge in [-0.15, -0.1) is 11.8 Å². The zero-order chi connectivity index (χ0) is 33.5. The number of hydrogen-bond acceptors (Lipinski definition) is 8. The molecule has 1 aliphatic rings. The van der Waals surface area contributed by atoms with Crippen LogP contribution in [-0.2, 0) is 36.8 Å². The molecule has 0 saturated carbocycles. The fraction of sp³-hybridized carbons (Fsp3) is 0.500. The molecule has 2 aromatic carbocycles. The number of carbonyl (C=O) groups is 5. The molecule has 4 amide bonds. The highest BCUT2D eigenvalue weighted by atomic mass is 32.2. The van der Waals surface area contributed by atoms with Gasteiger partial charge in [0.2, 0.25) is 23.6 Å². The summed E-state index contributed by atoms with van der Waals surface area (Å²) in [5.74, 6) is -1.13. The van der Waals surface area contributed by atoms with Crippen LogP contribution in [0.25, 0.3) is 0 Å². The predicted molar refractivity (Wildman–Crippen MR) is 181 cm³/mol. The molecule has 7 N–H and O–H groups in total. The molecule has 2 aromatic rings. The molecule has 11 nitrogen and oxygen atoms in total. The number of thioether (sulfide) groups is 1. The zero-order valence-corrected chi connectivity index (χ0v) is 27.5. The van der Waals surface area contributed by atoms with Gasteiger partial charge in [-0.3, -0.25) is 19.2 Å². The van der Waals surface area contributed by atoms with E-state index in [1.165, 1.54) is 11.8 Å². The fourth-order valence-electron chi connectivity index (χ4n) is 5.30. The van der Waals surface area contributed by atoms with E-state index in [2.05, 4.69) is 16.0 Å². The van der Waals surface area contributed by atoms with Gasteiger partial charge < -0.3 is 37.1 Å². The Bertz CT molecular complexity index is 1280. The first kappa shape index (κ1) is 36.7. The van der Waals surface area contributed by atoms with Crippen molar-refractivity contribution in [2.75, 3.05) is 25.4 Å². The van der Waals surface area contributed by atoms with Crippen molar-refractivity contribution in [3.8, 4) is 0 Å². The number of hydrogen-bond donors (Lipinski definition) is 5. The average molecular weight is 653 g/mol. The molecular formula is C34H48N6O5S. The number of amides is 4. The van der Waals surface area contributed by atoms with Crippen LogP contribution in [-0.4, -0.2) is 89.6 Å². The van der Waals surface area contributed by atoms with Gasteiger partial charge in [0, 0.05) is 25.3 Å². The molecule has 250 valence electrons. The number of rotatable bonds is 17. The lowest BCUT2D eigenvalue weighted by molar-refractivity contribution is -0.138. The Morgan fingerprint density at radius 3 is 2.02 bits per heavy atom. The maximum absolute atomic E-state index is 13.8. The van der Waals surface area contributed by atoms with E-state index in [1.807, 2.05) is 74.5 Å². The van der Waals surface area contributed by atoms with Crippen LogP contribution in [0.3, 0.4) is 0 Å². The van der Waals surface area contributed by atoms with Crippen LogP contribution in [0.4, 0.5) is 0 Å². The summed E-state index contributed by atoms with van der Waals surface area (Å²) in [7, 11) is 0. The van der Waals surface area contributed by atoms with Crippen LogP contribution in [0, 0.1) is 5.92 Å². The van der Waals surface area contributed by atoms with E-state index in [0.717, 1.165) is 17.4 Å². The molecule has 1 saturated heterocycles. The van der Waals surface area contributed by atoms with Gasteiger partial charge in [-0.05, 0) is 49.3 Å². The van der Waals surface area contributed by atoms with Crippen molar-refractivity contribution in [2.24, 2.45) is 17.4 Å². The molecule has 1 aliphatic heterocycles. The van der Waals surface area contributed by atoms with E-state index < -0.39 is 41.9 Å². The molecular weight excluding hydrogens is 604 g/mol. The lowest BCUT2D eigenvalue weighted by Crippen LogP contribution is -2.59. The molecule has 12 heteroatoms. The minimum atomic E-state index is -1.00. The van der Waals surface area contributed by atoms with Crippen molar-refractivity contribution in [3.63, 3.8) is 0 Å². The summed E-state index contributed by atoms with van der Waals surface area (Å²) in [4.78, 5) is 67.2. The normalized spacial score (nSPS) is 17.3. The number of nitrogens with one attached hydrogen (secondary N) is 3. The van der Waals surface area contributed by atoms with E-state index in [0.29, 0.717) is 44.5 Å². The Kier molecular flexibility index (Phi) is 15.2. The SMILES string of the molecule is CC(C)C[C@@H](NC(=O)[C@@H](Cc1ccccc1)NC(=O)[C@H](N)Cc1ccccc1)C(=O)N[C@H](CCCN)C(=O)N1CCSC(C=O)C1. The van der Waals surface area contributed by atoms with Crippen molar-refractivity contribution < 1.29 is 24.0 Å². The summed E-state index contributed by atoms with van der Waals surface area (Å²) in [6, 6.07) is 14.9. The first-order valence-electron chi connectivity index (χ1n) is 15.9. The second-order valence-electron chi connectivity index (χ2n) is 12.1. The van der Waals surface area contributed by atoms with Crippen molar-refractivity contribution in [1.82, 2.24) is 20.9 Å². The lowest BCUT2D eigenvalue weighted by atomic mass is 9.99. The standard InChI is InChI=1S/C34H48N6O5S/c1-23(2)18-29(32(43)37-28(14-9-15-35)34(45)40-16-17-46-26(21-40)22-41)39-33(44)30(20-25-12-7-4-8-13-25)38-31(42)27(36)19-24-10-5-3-6-11-24/h3-8,10-13,22-23,26-30H,9,14-21,35-36H2,1-2H3,(H,37,43)(H,38,42)(H,39,44)/t26?,27-,28-,29-,30-/m1/s1. The summed E-state index contributed by atoms with van der Waals surface area (Å²) in [5, 5.41) is 8.22. The van der Waals surface area contributed by atoms with Crippen LogP contribution in [0.2, 0.25) is 0 Å². The van der Waals surface area contributed by atoms with Crippen molar-refractivity contribution >= 4 is 41.7 Å². The van der Waals surface area contributed by atoms with Crippen LogP contribution in [0.5, 0.6) is 0 Å². The van der Waals surface area contributed by atoms with Crippen LogP contribution in [0.15, 0.2) is 60.7 Å². The number of nitrogens with zero attached hydrogens (tertiary/aromatic N) is 1. The lowest BCUT2D eigenvalue weighted by Gasteiger charge is -2.33. The topological polar surface area (TPSA) is 177 Å². The van der Waals surface area contributed by atoms with Crippen molar-refractivity contribution in [1.29, 1.82) is 0 Å². The number of nitrogens with two attached hydrogens (primary N) is 2. The minimum Gasteiger partial charge on any atom is -0.343 e. The van der Waals surface area contributed by atoms with Crippen molar-refractivity contribution in [2.45, 2.75) is 75.4 Å². The second-order valence-corrected chi connectivity index (χ2v) is 13.4. The Balaban J connectivity index is 1.76. The molecule has 1 fully saturated rings. The maximum atomic E-state index is 13.8. The quantitative estimate of drug-likeness (QED) is 0.158. The molecule has 5 atom stereocenters. The molecule has 1 unspecified atom stereocenters. The summed E-state index contributed by atoms with van der Waals surface area (Å²) in [5.41, 5.74) is 13.7. The van der Waals surface area contributed by atoms with Gasteiger partial charge in [0.1, 0.15) is 24.4 Å². The molecule has 0 spiro atoms.